The van der Waals surface area contributed by atoms with Gasteiger partial charge >= 0.3 is 7.12 Å². The molecule has 1 aliphatic heterocycles. The zero-order valence-electron chi connectivity index (χ0n) is 17.0. The summed E-state index contributed by atoms with van der Waals surface area (Å²) in [4.78, 5) is 0. The standard InChI is InChI=1S/C13H17BN2O2.C8H8N2/c1-12(2)13(3,4)18-14(17-12)10-6-8-16-11(9-10)5-7-15-16;1-7-3-5-10-8(6-7)2-4-9-10/h5-9H,1-4H3;2-6H,1H3. The third-order valence-corrected chi connectivity index (χ3v) is 5.50. The van der Waals surface area contributed by atoms with Crippen molar-refractivity contribution < 1.29 is 9.31 Å². The zero-order valence-corrected chi connectivity index (χ0v) is 17.0. The van der Waals surface area contributed by atoms with Gasteiger partial charge in [-0.2, -0.15) is 10.2 Å². The number of hydrogen-bond acceptors (Lipinski definition) is 4. The maximum Gasteiger partial charge on any atom is 0.494 e. The van der Waals surface area contributed by atoms with Crippen molar-refractivity contribution >= 4 is 23.6 Å². The molecule has 0 saturated carbocycles. The monoisotopic (exact) mass is 376 g/mol. The second-order valence-electron chi connectivity index (χ2n) is 8.15. The summed E-state index contributed by atoms with van der Waals surface area (Å²) in [5.41, 5.74) is 3.89. The van der Waals surface area contributed by atoms with Crippen LogP contribution in [0.3, 0.4) is 0 Å². The molecule has 1 fully saturated rings. The van der Waals surface area contributed by atoms with Crippen molar-refractivity contribution in [3.05, 3.63) is 66.7 Å². The van der Waals surface area contributed by atoms with Crippen LogP contribution in [0, 0.1) is 6.92 Å². The van der Waals surface area contributed by atoms with Gasteiger partial charge in [0.05, 0.1) is 22.2 Å². The minimum absolute atomic E-state index is 0.302. The van der Waals surface area contributed by atoms with Gasteiger partial charge in [-0.1, -0.05) is 0 Å². The molecule has 1 aliphatic rings. The van der Waals surface area contributed by atoms with Gasteiger partial charge in [0.15, 0.2) is 0 Å². The van der Waals surface area contributed by atoms with Gasteiger partial charge in [0.25, 0.3) is 0 Å². The Morgan fingerprint density at radius 3 is 1.93 bits per heavy atom. The summed E-state index contributed by atoms with van der Waals surface area (Å²) in [6, 6.07) is 12.1. The third-order valence-electron chi connectivity index (χ3n) is 5.50. The van der Waals surface area contributed by atoms with Crippen molar-refractivity contribution in [2.24, 2.45) is 0 Å². The summed E-state index contributed by atoms with van der Waals surface area (Å²) in [5.74, 6) is 0. The molecule has 0 unspecified atom stereocenters. The third kappa shape index (κ3) is 3.43. The first-order valence-electron chi connectivity index (χ1n) is 9.44. The Bertz CT molecular complexity index is 1100. The molecule has 7 heteroatoms. The lowest BCUT2D eigenvalue weighted by Gasteiger charge is -2.32. The van der Waals surface area contributed by atoms with Gasteiger partial charge in [-0.05, 0) is 82.0 Å². The number of aromatic nitrogens is 4. The summed E-state index contributed by atoms with van der Waals surface area (Å²) in [5, 5.41) is 8.26. The van der Waals surface area contributed by atoms with E-state index in [0.717, 1.165) is 16.5 Å². The topological polar surface area (TPSA) is 53.1 Å². The highest BCUT2D eigenvalue weighted by atomic mass is 16.7. The first-order valence-corrected chi connectivity index (χ1v) is 9.44. The Morgan fingerprint density at radius 1 is 0.786 bits per heavy atom. The zero-order chi connectivity index (χ0) is 19.9. The molecule has 5 rings (SSSR count). The lowest BCUT2D eigenvalue weighted by atomic mass is 9.79. The summed E-state index contributed by atoms with van der Waals surface area (Å²) < 4.78 is 15.7. The Hall–Kier alpha value is -2.64. The van der Waals surface area contributed by atoms with E-state index in [0.29, 0.717) is 0 Å². The van der Waals surface area contributed by atoms with Crippen LogP contribution in [0.4, 0.5) is 0 Å². The molecule has 28 heavy (non-hydrogen) atoms. The van der Waals surface area contributed by atoms with Crippen molar-refractivity contribution in [1.29, 1.82) is 0 Å². The van der Waals surface area contributed by atoms with Crippen LogP contribution in [0.15, 0.2) is 61.2 Å². The van der Waals surface area contributed by atoms with Crippen LogP contribution in [0.2, 0.25) is 0 Å². The van der Waals surface area contributed by atoms with E-state index in [1.54, 1.807) is 12.4 Å². The Kier molecular flexibility index (Phi) is 4.52. The van der Waals surface area contributed by atoms with E-state index in [-0.39, 0.29) is 18.3 Å². The van der Waals surface area contributed by atoms with Crippen LogP contribution < -0.4 is 5.46 Å². The normalized spacial score (nSPS) is 17.7. The predicted molar refractivity (Wildman–Crippen MR) is 111 cm³/mol. The average Bonchev–Trinajstić information content (AvgIpc) is 3.32. The maximum atomic E-state index is 6.02. The largest absolute Gasteiger partial charge is 0.494 e. The molecule has 5 heterocycles. The maximum absolute atomic E-state index is 6.02. The number of rotatable bonds is 1. The van der Waals surface area contributed by atoms with E-state index < -0.39 is 0 Å². The molecule has 0 N–H and O–H groups in total. The first-order chi connectivity index (χ1) is 13.2. The molecule has 144 valence electrons. The Labute approximate surface area is 165 Å². The van der Waals surface area contributed by atoms with Crippen molar-refractivity contribution in [2.45, 2.75) is 45.8 Å². The molecule has 0 amide bonds. The smallest absolute Gasteiger partial charge is 0.399 e. The van der Waals surface area contributed by atoms with E-state index in [2.05, 4.69) is 56.9 Å². The van der Waals surface area contributed by atoms with Crippen LogP contribution in [-0.4, -0.2) is 37.5 Å². The van der Waals surface area contributed by atoms with Crippen LogP contribution >= 0.6 is 0 Å². The van der Waals surface area contributed by atoms with E-state index in [1.165, 1.54) is 5.56 Å². The molecule has 6 nitrogen and oxygen atoms in total. The van der Waals surface area contributed by atoms with E-state index >= 15 is 0 Å². The van der Waals surface area contributed by atoms with Gasteiger partial charge in [-0.15, -0.1) is 0 Å². The van der Waals surface area contributed by atoms with E-state index in [4.69, 9.17) is 9.31 Å². The van der Waals surface area contributed by atoms with Gasteiger partial charge in [0.1, 0.15) is 0 Å². The number of fused-ring (bicyclic) bond motifs is 2. The van der Waals surface area contributed by atoms with Gasteiger partial charge in [-0.25, -0.2) is 9.03 Å². The average molecular weight is 376 g/mol. The molecule has 0 spiro atoms. The lowest BCUT2D eigenvalue weighted by Crippen LogP contribution is -2.41. The number of pyridine rings is 2. The minimum atomic E-state index is -0.310. The fraction of sp³-hybridized carbons (Fsp3) is 0.333. The van der Waals surface area contributed by atoms with Crippen molar-refractivity contribution in [1.82, 2.24) is 19.2 Å². The minimum Gasteiger partial charge on any atom is -0.399 e. The summed E-state index contributed by atoms with van der Waals surface area (Å²) >= 11 is 0. The molecule has 0 atom stereocenters. The molecule has 4 aromatic heterocycles. The van der Waals surface area contributed by atoms with Gasteiger partial charge in [-0.3, -0.25) is 0 Å². The SMILES string of the molecule is CC1(C)OB(c2ccn3nccc3c2)OC1(C)C.Cc1ccn2nccc2c1. The van der Waals surface area contributed by atoms with Crippen LogP contribution in [0.25, 0.3) is 11.0 Å². The molecular formula is C21H25BN4O2. The summed E-state index contributed by atoms with van der Waals surface area (Å²) in [7, 11) is -0.310. The Balaban J connectivity index is 0.000000162. The lowest BCUT2D eigenvalue weighted by molar-refractivity contribution is 0.00578. The van der Waals surface area contributed by atoms with Crippen molar-refractivity contribution in [2.75, 3.05) is 0 Å². The molecule has 0 bridgehead atoms. The molecule has 0 aromatic carbocycles. The quantitative estimate of drug-likeness (QED) is 0.479. The predicted octanol–water partition coefficient (Wildman–Crippen LogP) is 3.28. The van der Waals surface area contributed by atoms with Gasteiger partial charge in [0, 0.05) is 24.8 Å². The van der Waals surface area contributed by atoms with Crippen LogP contribution in [0.1, 0.15) is 33.3 Å². The second-order valence-corrected chi connectivity index (χ2v) is 8.15. The second kappa shape index (κ2) is 6.76. The molecular weight excluding hydrogens is 351 g/mol. The molecule has 0 aliphatic carbocycles. The highest BCUT2D eigenvalue weighted by molar-refractivity contribution is 6.62. The summed E-state index contributed by atoms with van der Waals surface area (Å²) in [6.45, 7) is 10.3. The van der Waals surface area contributed by atoms with E-state index in [9.17, 15) is 0 Å². The van der Waals surface area contributed by atoms with Crippen molar-refractivity contribution in [3.63, 3.8) is 0 Å². The first kappa shape index (κ1) is 18.7. The fourth-order valence-corrected chi connectivity index (χ4v) is 3.10. The van der Waals surface area contributed by atoms with Gasteiger partial charge < -0.3 is 9.31 Å². The highest BCUT2D eigenvalue weighted by Crippen LogP contribution is 2.36. The van der Waals surface area contributed by atoms with Crippen LogP contribution in [-0.2, 0) is 9.31 Å². The molecule has 1 saturated heterocycles. The van der Waals surface area contributed by atoms with Crippen molar-refractivity contribution in [3.8, 4) is 0 Å². The number of nitrogens with zero attached hydrogens (tertiary/aromatic N) is 4. The fourth-order valence-electron chi connectivity index (χ4n) is 3.10. The highest BCUT2D eigenvalue weighted by Gasteiger charge is 2.51. The number of hydrogen-bond donors (Lipinski definition) is 0. The van der Waals surface area contributed by atoms with Gasteiger partial charge in [0.2, 0.25) is 0 Å². The summed E-state index contributed by atoms with van der Waals surface area (Å²) in [6.07, 6.45) is 7.47. The van der Waals surface area contributed by atoms with E-state index in [1.807, 2.05) is 45.7 Å². The molecule has 0 radical (unpaired) electrons. The Morgan fingerprint density at radius 2 is 1.32 bits per heavy atom. The molecule has 4 aromatic rings. The number of aryl methyl sites for hydroxylation is 1. The van der Waals surface area contributed by atoms with Crippen LogP contribution in [0.5, 0.6) is 0 Å².